The highest BCUT2D eigenvalue weighted by atomic mass is 32.1. The van der Waals surface area contributed by atoms with Gasteiger partial charge in [0.05, 0.1) is 6.54 Å². The third kappa shape index (κ3) is 6.20. The Labute approximate surface area is 327 Å². The number of thiophene rings is 1. The molecular formula is C49H33N5OS. The number of nitrogens with zero attached hydrogens (tertiary/aromatic N) is 4. The SMILES string of the molecule is NC(=NC(=NCc1cccc2sc3ccc(-c4ccc(-c5nc(-c6ccccc6)c6oc7ccccc7c6n5)cc4)cc3c12)c1ccccc1)c1ccccc1. The van der Waals surface area contributed by atoms with Crippen molar-refractivity contribution >= 4 is 65.2 Å². The van der Waals surface area contributed by atoms with Gasteiger partial charge in [0.25, 0.3) is 0 Å². The molecule has 0 aliphatic carbocycles. The molecule has 0 saturated carbocycles. The Morgan fingerprint density at radius 2 is 1.25 bits per heavy atom. The zero-order valence-electron chi connectivity index (χ0n) is 30.1. The van der Waals surface area contributed by atoms with E-state index in [-0.39, 0.29) is 0 Å². The normalized spacial score (nSPS) is 12.3. The molecule has 10 rings (SSSR count). The van der Waals surface area contributed by atoms with Gasteiger partial charge in [-0.1, -0.05) is 146 Å². The summed E-state index contributed by atoms with van der Waals surface area (Å²) in [4.78, 5) is 20.0. The molecule has 266 valence electrons. The monoisotopic (exact) mass is 739 g/mol. The maximum absolute atomic E-state index is 6.49. The summed E-state index contributed by atoms with van der Waals surface area (Å²) in [6.45, 7) is 0.457. The van der Waals surface area contributed by atoms with Crippen molar-refractivity contribution in [1.29, 1.82) is 0 Å². The minimum atomic E-state index is 0.432. The second-order valence-corrected chi connectivity index (χ2v) is 14.7. The molecule has 2 N–H and O–H groups in total. The van der Waals surface area contributed by atoms with Gasteiger partial charge in [0.15, 0.2) is 17.2 Å². The van der Waals surface area contributed by atoms with Crippen molar-refractivity contribution in [2.45, 2.75) is 6.54 Å². The largest absolute Gasteiger partial charge is 0.452 e. The zero-order valence-corrected chi connectivity index (χ0v) is 30.9. The van der Waals surface area contributed by atoms with E-state index in [9.17, 15) is 0 Å². The van der Waals surface area contributed by atoms with Crippen LogP contribution in [0.5, 0.6) is 0 Å². The topological polar surface area (TPSA) is 89.7 Å². The molecule has 3 aromatic heterocycles. The number of amidine groups is 2. The summed E-state index contributed by atoms with van der Waals surface area (Å²) in [5.74, 6) is 1.69. The zero-order chi connectivity index (χ0) is 37.4. The summed E-state index contributed by atoms with van der Waals surface area (Å²) < 4.78 is 8.77. The van der Waals surface area contributed by atoms with Crippen LogP contribution in [0.1, 0.15) is 16.7 Å². The van der Waals surface area contributed by atoms with Gasteiger partial charge in [-0.05, 0) is 47.0 Å². The maximum atomic E-state index is 6.49. The van der Waals surface area contributed by atoms with Crippen LogP contribution in [0.2, 0.25) is 0 Å². The van der Waals surface area contributed by atoms with E-state index in [0.717, 1.165) is 61.1 Å². The highest BCUT2D eigenvalue weighted by molar-refractivity contribution is 7.25. The number of hydrogen-bond acceptors (Lipinski definition) is 5. The third-order valence-electron chi connectivity index (χ3n) is 10.1. The predicted octanol–water partition coefficient (Wildman–Crippen LogP) is 12.1. The van der Waals surface area contributed by atoms with Crippen LogP contribution in [0.25, 0.3) is 76.0 Å². The maximum Gasteiger partial charge on any atom is 0.180 e. The number of hydrogen-bond donors (Lipinski definition) is 1. The van der Waals surface area contributed by atoms with Gasteiger partial charge in [-0.2, -0.15) is 0 Å². The molecule has 7 aromatic carbocycles. The van der Waals surface area contributed by atoms with Crippen molar-refractivity contribution < 1.29 is 4.42 Å². The molecule has 10 aromatic rings. The molecule has 0 aliphatic heterocycles. The fourth-order valence-electron chi connectivity index (χ4n) is 7.26. The van der Waals surface area contributed by atoms with Crippen LogP contribution in [-0.2, 0) is 6.54 Å². The van der Waals surface area contributed by atoms with Crippen LogP contribution in [0.3, 0.4) is 0 Å². The summed E-state index contributed by atoms with van der Waals surface area (Å²) in [7, 11) is 0. The van der Waals surface area contributed by atoms with Crippen LogP contribution in [0, 0.1) is 0 Å². The molecule has 0 bridgehead atoms. The average Bonchev–Trinajstić information content (AvgIpc) is 3.84. The number of rotatable bonds is 7. The second kappa shape index (κ2) is 14.2. The van der Waals surface area contributed by atoms with Crippen molar-refractivity contribution in [3.63, 3.8) is 0 Å². The summed E-state index contributed by atoms with van der Waals surface area (Å²) in [6, 6.07) is 59.7. The molecule has 7 heteroatoms. The molecule has 0 amide bonds. The predicted molar refractivity (Wildman–Crippen MR) is 232 cm³/mol. The van der Waals surface area contributed by atoms with Gasteiger partial charge in [0.1, 0.15) is 22.6 Å². The molecular weight excluding hydrogens is 707 g/mol. The molecule has 0 spiro atoms. The minimum absolute atomic E-state index is 0.432. The lowest BCUT2D eigenvalue weighted by molar-refractivity contribution is 0.667. The Bertz CT molecular complexity index is 3100. The fraction of sp³-hybridized carbons (Fsp3) is 0.0204. The number of furan rings is 1. The first kappa shape index (κ1) is 33.4. The first-order valence-corrected chi connectivity index (χ1v) is 19.3. The first-order valence-electron chi connectivity index (χ1n) is 18.5. The van der Waals surface area contributed by atoms with E-state index in [1.165, 1.54) is 20.2 Å². The Balaban J connectivity index is 1.02. The Morgan fingerprint density at radius 1 is 0.571 bits per heavy atom. The number of aliphatic imine (C=N–C) groups is 2. The highest BCUT2D eigenvalue weighted by Gasteiger charge is 2.18. The van der Waals surface area contributed by atoms with Crippen molar-refractivity contribution in [2.24, 2.45) is 15.7 Å². The number of fused-ring (bicyclic) bond motifs is 6. The minimum Gasteiger partial charge on any atom is -0.452 e. The molecule has 0 radical (unpaired) electrons. The van der Waals surface area contributed by atoms with Gasteiger partial charge < -0.3 is 10.2 Å². The van der Waals surface area contributed by atoms with Crippen LogP contribution < -0.4 is 5.73 Å². The van der Waals surface area contributed by atoms with Crippen molar-refractivity contribution in [3.8, 4) is 33.8 Å². The lowest BCUT2D eigenvalue weighted by atomic mass is 10.00. The average molecular weight is 740 g/mol. The van der Waals surface area contributed by atoms with Crippen LogP contribution in [0.15, 0.2) is 190 Å². The highest BCUT2D eigenvalue weighted by Crippen LogP contribution is 2.39. The number of aromatic nitrogens is 2. The molecule has 0 unspecified atom stereocenters. The van der Waals surface area contributed by atoms with Crippen molar-refractivity contribution in [3.05, 3.63) is 193 Å². The lowest BCUT2D eigenvalue weighted by Crippen LogP contribution is -2.16. The Kier molecular flexibility index (Phi) is 8.46. The molecule has 6 nitrogen and oxygen atoms in total. The quantitative estimate of drug-likeness (QED) is 0.130. The van der Waals surface area contributed by atoms with Crippen LogP contribution in [-0.4, -0.2) is 21.6 Å². The summed E-state index contributed by atoms with van der Waals surface area (Å²) in [5.41, 5.74) is 16.7. The van der Waals surface area contributed by atoms with Gasteiger partial charge in [0.2, 0.25) is 0 Å². The standard InChI is InChI=1S/C49H33N5OS/c50-47(33-15-6-2-7-16-33)54-48(34-17-8-3-9-18-34)51-30-37-19-12-22-42-43(37)39-29-36(27-28-41(39)56-42)31-23-25-35(26-24-31)49-52-44(32-13-4-1-5-14-32)46-45(53-49)38-20-10-11-21-40(38)55-46/h1-29H,30H2,(H2,50,51,54). The molecule has 0 fully saturated rings. The van der Waals surface area contributed by atoms with Gasteiger partial charge in [-0.15, -0.1) is 11.3 Å². The third-order valence-corrected chi connectivity index (χ3v) is 11.2. The van der Waals surface area contributed by atoms with Crippen LogP contribution in [0.4, 0.5) is 0 Å². The van der Waals surface area contributed by atoms with E-state index in [1.54, 1.807) is 11.3 Å². The van der Waals surface area contributed by atoms with E-state index in [0.29, 0.717) is 29.6 Å². The van der Waals surface area contributed by atoms with Crippen molar-refractivity contribution in [2.75, 3.05) is 0 Å². The van der Waals surface area contributed by atoms with Gasteiger partial charge in [-0.25, -0.2) is 15.0 Å². The smallest absolute Gasteiger partial charge is 0.180 e. The fourth-order valence-corrected chi connectivity index (χ4v) is 8.39. The van der Waals surface area contributed by atoms with E-state index in [4.69, 9.17) is 30.1 Å². The Morgan fingerprint density at radius 3 is 2.04 bits per heavy atom. The van der Waals surface area contributed by atoms with Gasteiger partial charge >= 0.3 is 0 Å². The van der Waals surface area contributed by atoms with Crippen molar-refractivity contribution in [1.82, 2.24) is 9.97 Å². The molecule has 56 heavy (non-hydrogen) atoms. The molecule has 3 heterocycles. The van der Waals surface area contributed by atoms with Gasteiger partial charge in [-0.3, -0.25) is 4.99 Å². The van der Waals surface area contributed by atoms with E-state index < -0.39 is 0 Å². The van der Waals surface area contributed by atoms with Gasteiger partial charge in [0, 0.05) is 47.8 Å². The van der Waals surface area contributed by atoms with E-state index in [2.05, 4.69) is 78.9 Å². The summed E-state index contributed by atoms with van der Waals surface area (Å²) >= 11 is 1.80. The van der Waals surface area contributed by atoms with E-state index in [1.807, 2.05) is 97.1 Å². The number of nitrogens with two attached hydrogens (primary N) is 1. The first-order chi connectivity index (χ1) is 27.7. The Hall–Kier alpha value is -7.22. The second-order valence-electron chi connectivity index (χ2n) is 13.6. The van der Waals surface area contributed by atoms with E-state index >= 15 is 0 Å². The number of benzene rings is 7. The summed E-state index contributed by atoms with van der Waals surface area (Å²) in [6.07, 6.45) is 0. The number of para-hydroxylation sites is 1. The lowest BCUT2D eigenvalue weighted by Gasteiger charge is -2.08. The molecule has 0 saturated heterocycles. The molecule has 0 atom stereocenters. The van der Waals surface area contributed by atoms with Crippen LogP contribution >= 0.6 is 11.3 Å². The molecule has 0 aliphatic rings. The summed E-state index contributed by atoms with van der Waals surface area (Å²) in [5, 5.41) is 3.39.